The lowest BCUT2D eigenvalue weighted by Gasteiger charge is -2.09. The average molecular weight is 523 g/mol. The topological polar surface area (TPSA) is 65.3 Å². The number of nitrogens with zero attached hydrogens (tertiary/aromatic N) is 4. The van der Waals surface area contributed by atoms with Gasteiger partial charge in [0.15, 0.2) is 5.76 Å². The Morgan fingerprint density at radius 1 is 0.971 bits per heavy atom. The first-order chi connectivity index (χ1) is 17.1. The van der Waals surface area contributed by atoms with Crippen LogP contribution in [0.25, 0.3) is 39.1 Å². The molecule has 0 unspecified atom stereocenters. The van der Waals surface area contributed by atoms with Crippen LogP contribution < -0.4 is 5.56 Å². The van der Waals surface area contributed by atoms with Gasteiger partial charge in [0.2, 0.25) is 5.82 Å². The molecule has 6 aromatic rings. The molecule has 0 fully saturated rings. The number of benzene rings is 3. The third-order valence-corrected chi connectivity index (χ3v) is 6.34. The highest BCUT2D eigenvalue weighted by Gasteiger charge is 2.16. The van der Waals surface area contributed by atoms with Gasteiger partial charge in [-0.1, -0.05) is 45.8 Å². The number of fused-ring (bicyclic) bond motifs is 2. The van der Waals surface area contributed by atoms with Gasteiger partial charge in [0.25, 0.3) is 5.56 Å². The second-order valence-corrected chi connectivity index (χ2v) is 9.16. The summed E-state index contributed by atoms with van der Waals surface area (Å²) in [4.78, 5) is 18.2. The number of halogens is 1. The Morgan fingerprint density at radius 2 is 1.80 bits per heavy atom. The molecule has 170 valence electrons. The van der Waals surface area contributed by atoms with Crippen LogP contribution in [-0.2, 0) is 0 Å². The molecular weight excluding hydrogens is 504 g/mol. The number of hydrogen-bond acceptors (Lipinski definition) is 4. The Kier molecular flexibility index (Phi) is 5.19. The molecule has 0 aliphatic carbocycles. The molecule has 0 aliphatic heterocycles. The summed E-state index contributed by atoms with van der Waals surface area (Å²) >= 11 is 3.50. The van der Waals surface area contributed by atoms with E-state index >= 15 is 0 Å². The van der Waals surface area contributed by atoms with E-state index in [1.807, 2.05) is 77.5 Å². The summed E-state index contributed by atoms with van der Waals surface area (Å²) in [6.45, 7) is 2.05. The van der Waals surface area contributed by atoms with Crippen LogP contribution in [0, 0.1) is 6.92 Å². The minimum atomic E-state index is -0.267. The summed E-state index contributed by atoms with van der Waals surface area (Å²) in [6.07, 6.45) is 3.63. The van der Waals surface area contributed by atoms with E-state index in [0.717, 1.165) is 21.2 Å². The van der Waals surface area contributed by atoms with E-state index in [1.54, 1.807) is 12.3 Å². The number of aromatic nitrogens is 3. The van der Waals surface area contributed by atoms with Crippen molar-refractivity contribution in [2.24, 2.45) is 5.10 Å². The zero-order valence-corrected chi connectivity index (χ0v) is 20.3. The van der Waals surface area contributed by atoms with Crippen molar-refractivity contribution in [3.63, 3.8) is 0 Å². The van der Waals surface area contributed by atoms with Crippen LogP contribution in [0.2, 0.25) is 0 Å². The normalized spacial score (nSPS) is 11.7. The van der Waals surface area contributed by atoms with Gasteiger partial charge in [-0.3, -0.25) is 4.79 Å². The van der Waals surface area contributed by atoms with Crippen LogP contribution in [0.5, 0.6) is 0 Å². The zero-order valence-electron chi connectivity index (χ0n) is 18.7. The molecule has 6 nitrogen and oxygen atoms in total. The number of hydrogen-bond donors (Lipinski definition) is 0. The first kappa shape index (κ1) is 21.3. The Morgan fingerprint density at radius 3 is 2.66 bits per heavy atom. The minimum absolute atomic E-state index is 0.267. The molecule has 3 aromatic heterocycles. The number of para-hydroxylation sites is 1. The van der Waals surface area contributed by atoms with Gasteiger partial charge in [0.05, 0.1) is 22.8 Å². The molecule has 0 spiro atoms. The molecule has 0 amide bonds. The van der Waals surface area contributed by atoms with Crippen molar-refractivity contribution in [2.75, 3.05) is 0 Å². The monoisotopic (exact) mass is 522 g/mol. The summed E-state index contributed by atoms with van der Waals surface area (Å²) in [7, 11) is 0. The standard InChI is InChI=1S/C28H19BrN4O2/c1-18-8-11-21(12-9-18)32-14-4-5-22(32)17-30-33-27(31-24-7-3-2-6-23(24)28(33)34)26-16-19-15-20(29)10-13-25(19)35-26/h2-17H,1H3. The third-order valence-electron chi connectivity index (χ3n) is 5.85. The van der Waals surface area contributed by atoms with E-state index in [1.165, 1.54) is 10.2 Å². The molecule has 0 bridgehead atoms. The summed E-state index contributed by atoms with van der Waals surface area (Å²) < 4.78 is 10.3. The largest absolute Gasteiger partial charge is 0.453 e. The molecule has 0 N–H and O–H groups in total. The smallest absolute Gasteiger partial charge is 0.282 e. The highest BCUT2D eigenvalue weighted by Crippen LogP contribution is 2.29. The van der Waals surface area contributed by atoms with Crippen molar-refractivity contribution in [1.82, 2.24) is 14.2 Å². The van der Waals surface area contributed by atoms with E-state index in [-0.39, 0.29) is 5.56 Å². The van der Waals surface area contributed by atoms with Crippen molar-refractivity contribution in [3.8, 4) is 17.3 Å². The summed E-state index contributed by atoms with van der Waals surface area (Å²) in [5.74, 6) is 0.803. The zero-order chi connectivity index (χ0) is 23.9. The summed E-state index contributed by atoms with van der Waals surface area (Å²) in [5, 5.41) is 5.98. The van der Waals surface area contributed by atoms with Crippen LogP contribution in [0.15, 0.2) is 110 Å². The molecule has 7 heteroatoms. The lowest BCUT2D eigenvalue weighted by atomic mass is 10.2. The van der Waals surface area contributed by atoms with Gasteiger partial charge >= 0.3 is 0 Å². The van der Waals surface area contributed by atoms with Crippen molar-refractivity contribution in [1.29, 1.82) is 0 Å². The Labute approximate surface area is 208 Å². The third kappa shape index (κ3) is 3.90. The molecule has 3 aromatic carbocycles. The van der Waals surface area contributed by atoms with Crippen LogP contribution in [0.4, 0.5) is 0 Å². The van der Waals surface area contributed by atoms with Crippen LogP contribution >= 0.6 is 15.9 Å². The number of furan rings is 1. The second-order valence-electron chi connectivity index (χ2n) is 8.25. The highest BCUT2D eigenvalue weighted by molar-refractivity contribution is 9.10. The lowest BCUT2D eigenvalue weighted by molar-refractivity contribution is 0.616. The fourth-order valence-corrected chi connectivity index (χ4v) is 4.45. The number of aryl methyl sites for hydroxylation is 1. The average Bonchev–Trinajstić information content (AvgIpc) is 3.50. The fourth-order valence-electron chi connectivity index (χ4n) is 4.07. The van der Waals surface area contributed by atoms with Crippen molar-refractivity contribution in [2.45, 2.75) is 6.92 Å². The summed E-state index contributed by atoms with van der Waals surface area (Å²) in [5.41, 5.74) is 4.05. The van der Waals surface area contributed by atoms with Gasteiger partial charge in [-0.25, -0.2) is 4.98 Å². The van der Waals surface area contributed by atoms with Gasteiger partial charge in [0, 0.05) is 21.7 Å². The first-order valence-electron chi connectivity index (χ1n) is 11.1. The van der Waals surface area contributed by atoms with Gasteiger partial charge in [-0.2, -0.15) is 9.78 Å². The minimum Gasteiger partial charge on any atom is -0.453 e. The fraction of sp³-hybridized carbons (Fsp3) is 0.0357. The maximum atomic E-state index is 13.5. The van der Waals surface area contributed by atoms with Crippen LogP contribution in [0.1, 0.15) is 11.3 Å². The maximum absolute atomic E-state index is 13.5. The molecule has 35 heavy (non-hydrogen) atoms. The van der Waals surface area contributed by atoms with Gasteiger partial charge in [-0.15, -0.1) is 0 Å². The van der Waals surface area contributed by atoms with Crippen LogP contribution in [0.3, 0.4) is 0 Å². The molecule has 0 atom stereocenters. The van der Waals surface area contributed by atoms with E-state index in [4.69, 9.17) is 9.40 Å². The van der Waals surface area contributed by atoms with Crippen molar-refractivity contribution in [3.05, 3.63) is 117 Å². The Hall–Kier alpha value is -4.23. The first-order valence-corrected chi connectivity index (χ1v) is 11.9. The van der Waals surface area contributed by atoms with Gasteiger partial charge in [-0.05, 0) is 67.6 Å². The quantitative estimate of drug-likeness (QED) is 0.246. The predicted octanol–water partition coefficient (Wildman–Crippen LogP) is 6.55. The Bertz CT molecular complexity index is 1790. The Balaban J connectivity index is 1.52. The van der Waals surface area contributed by atoms with Gasteiger partial charge < -0.3 is 8.98 Å². The van der Waals surface area contributed by atoms with E-state index < -0.39 is 0 Å². The maximum Gasteiger partial charge on any atom is 0.282 e. The molecule has 0 saturated heterocycles. The van der Waals surface area contributed by atoms with E-state index in [2.05, 4.69) is 40.1 Å². The molecule has 0 aliphatic rings. The molecule has 6 rings (SSSR count). The predicted molar refractivity (Wildman–Crippen MR) is 142 cm³/mol. The SMILES string of the molecule is Cc1ccc(-n2cccc2C=Nn2c(-c3cc4cc(Br)ccc4o3)nc3ccccc3c2=O)cc1. The molecule has 0 saturated carbocycles. The molecule has 3 heterocycles. The van der Waals surface area contributed by atoms with Crippen molar-refractivity contribution >= 4 is 44.0 Å². The van der Waals surface area contributed by atoms with Crippen LogP contribution in [-0.4, -0.2) is 20.4 Å². The lowest BCUT2D eigenvalue weighted by Crippen LogP contribution is -2.20. The number of rotatable bonds is 4. The van der Waals surface area contributed by atoms with Crippen molar-refractivity contribution < 1.29 is 4.42 Å². The molecular formula is C28H19BrN4O2. The second kappa shape index (κ2) is 8.52. The molecule has 0 radical (unpaired) electrons. The summed E-state index contributed by atoms with van der Waals surface area (Å²) in [6, 6.07) is 27.0. The van der Waals surface area contributed by atoms with E-state index in [9.17, 15) is 4.79 Å². The van der Waals surface area contributed by atoms with Gasteiger partial charge in [0.1, 0.15) is 5.58 Å². The van der Waals surface area contributed by atoms with E-state index in [0.29, 0.717) is 28.1 Å². The highest BCUT2D eigenvalue weighted by atomic mass is 79.9.